The Labute approximate surface area is 201 Å². The Hall–Kier alpha value is -2.90. The number of ether oxygens (including phenoxy) is 2. The van der Waals surface area contributed by atoms with E-state index in [0.29, 0.717) is 30.9 Å². The van der Waals surface area contributed by atoms with E-state index in [4.69, 9.17) is 9.47 Å². The highest BCUT2D eigenvalue weighted by atomic mass is 16.5. The van der Waals surface area contributed by atoms with Crippen LogP contribution in [-0.4, -0.2) is 73.5 Å². The molecule has 7 heteroatoms. The van der Waals surface area contributed by atoms with Gasteiger partial charge in [0.05, 0.1) is 12.1 Å². The van der Waals surface area contributed by atoms with Gasteiger partial charge >= 0.3 is 0 Å². The molecule has 2 aromatic rings. The molecular weight excluding hydrogens is 430 g/mol. The van der Waals surface area contributed by atoms with E-state index in [0.717, 1.165) is 51.1 Å². The quantitative estimate of drug-likeness (QED) is 0.637. The smallest absolute Gasteiger partial charge is 0.257 e. The van der Waals surface area contributed by atoms with Gasteiger partial charge in [-0.3, -0.25) is 9.69 Å². The SMILES string of the molecule is CC1CN(CC(C=O)CN2CCc3ccccc3C2)C(=O)c2ccc(OC3CCNC3)cc2O1. The molecule has 2 aromatic carbocycles. The molecule has 180 valence electrons. The van der Waals surface area contributed by atoms with Crippen molar-refractivity contribution in [2.75, 3.05) is 39.3 Å². The van der Waals surface area contributed by atoms with Gasteiger partial charge in [-0.2, -0.15) is 0 Å². The van der Waals surface area contributed by atoms with Crippen molar-refractivity contribution in [1.29, 1.82) is 0 Å². The van der Waals surface area contributed by atoms with Gasteiger partial charge < -0.3 is 24.5 Å². The summed E-state index contributed by atoms with van der Waals surface area (Å²) in [6, 6.07) is 13.9. The Kier molecular flexibility index (Phi) is 6.83. The van der Waals surface area contributed by atoms with Crippen LogP contribution in [0.5, 0.6) is 11.5 Å². The Morgan fingerprint density at radius 1 is 1.21 bits per heavy atom. The number of carbonyl (C=O) groups is 2. The Balaban J connectivity index is 1.26. The minimum Gasteiger partial charge on any atom is -0.489 e. The van der Waals surface area contributed by atoms with E-state index in [1.165, 1.54) is 11.1 Å². The summed E-state index contributed by atoms with van der Waals surface area (Å²) >= 11 is 0. The van der Waals surface area contributed by atoms with Gasteiger partial charge in [-0.05, 0) is 49.6 Å². The second-order valence-electron chi connectivity index (χ2n) is 9.68. The first-order valence-electron chi connectivity index (χ1n) is 12.3. The lowest BCUT2D eigenvalue weighted by molar-refractivity contribution is -0.112. The molecule has 3 aliphatic rings. The lowest BCUT2D eigenvalue weighted by Crippen LogP contribution is -2.43. The molecule has 7 nitrogen and oxygen atoms in total. The number of amides is 1. The van der Waals surface area contributed by atoms with Crippen LogP contribution in [0.4, 0.5) is 0 Å². The second kappa shape index (κ2) is 10.2. The second-order valence-corrected chi connectivity index (χ2v) is 9.68. The van der Waals surface area contributed by atoms with Gasteiger partial charge in [0.1, 0.15) is 30.0 Å². The number of nitrogens with one attached hydrogen (secondary N) is 1. The number of nitrogens with zero attached hydrogens (tertiary/aromatic N) is 2. The molecule has 0 aromatic heterocycles. The van der Waals surface area contributed by atoms with Crippen LogP contribution in [0, 0.1) is 5.92 Å². The van der Waals surface area contributed by atoms with Crippen LogP contribution >= 0.6 is 0 Å². The first-order chi connectivity index (χ1) is 16.6. The van der Waals surface area contributed by atoms with Crippen LogP contribution in [-0.2, 0) is 17.8 Å². The first-order valence-corrected chi connectivity index (χ1v) is 12.3. The third kappa shape index (κ3) is 5.10. The molecule has 0 spiro atoms. The average Bonchev–Trinajstić information content (AvgIpc) is 3.32. The summed E-state index contributed by atoms with van der Waals surface area (Å²) in [4.78, 5) is 29.5. The third-order valence-electron chi connectivity index (χ3n) is 6.94. The summed E-state index contributed by atoms with van der Waals surface area (Å²) in [5.41, 5.74) is 3.24. The summed E-state index contributed by atoms with van der Waals surface area (Å²) in [5.74, 6) is 0.931. The van der Waals surface area contributed by atoms with Crippen molar-refractivity contribution in [2.24, 2.45) is 5.92 Å². The number of aldehydes is 1. The summed E-state index contributed by atoms with van der Waals surface area (Å²) in [6.45, 7) is 7.00. The van der Waals surface area contributed by atoms with Crippen LogP contribution in [0.15, 0.2) is 42.5 Å². The van der Waals surface area contributed by atoms with Gasteiger partial charge in [-0.25, -0.2) is 0 Å². The fourth-order valence-electron chi connectivity index (χ4n) is 5.21. The molecule has 0 radical (unpaired) electrons. The van der Waals surface area contributed by atoms with E-state index in [2.05, 4.69) is 34.5 Å². The van der Waals surface area contributed by atoms with Crippen LogP contribution in [0.1, 0.15) is 34.8 Å². The molecule has 1 amide bonds. The first kappa shape index (κ1) is 22.9. The maximum Gasteiger partial charge on any atom is 0.257 e. The number of hydrogen-bond donors (Lipinski definition) is 1. The van der Waals surface area contributed by atoms with E-state index in [1.807, 2.05) is 19.1 Å². The zero-order chi connectivity index (χ0) is 23.5. The molecule has 3 atom stereocenters. The molecule has 1 fully saturated rings. The van der Waals surface area contributed by atoms with Crippen molar-refractivity contribution in [3.8, 4) is 11.5 Å². The third-order valence-corrected chi connectivity index (χ3v) is 6.94. The normalized spacial score (nSPS) is 23.4. The summed E-state index contributed by atoms with van der Waals surface area (Å²) in [6.07, 6.45) is 2.92. The minimum atomic E-state index is -0.250. The van der Waals surface area contributed by atoms with Gasteiger partial charge in [0, 0.05) is 44.7 Å². The number of hydrogen-bond acceptors (Lipinski definition) is 6. The fourth-order valence-corrected chi connectivity index (χ4v) is 5.21. The van der Waals surface area contributed by atoms with Crippen LogP contribution < -0.4 is 14.8 Å². The molecule has 0 bridgehead atoms. The molecule has 1 N–H and O–H groups in total. The molecule has 3 heterocycles. The minimum absolute atomic E-state index is 0.0933. The maximum absolute atomic E-state index is 13.4. The number of carbonyl (C=O) groups excluding carboxylic acids is 2. The lowest BCUT2D eigenvalue weighted by Gasteiger charge is -2.32. The standard InChI is InChI=1S/C27H33N3O4/c1-19-14-30(16-20(18-31)15-29-11-9-21-4-2-3-5-22(21)17-29)27(32)25-7-6-23(12-26(25)33-19)34-24-8-10-28-13-24/h2-7,12,18-20,24,28H,8-11,13-17H2,1H3. The van der Waals surface area contributed by atoms with Crippen molar-refractivity contribution in [3.05, 3.63) is 59.2 Å². The van der Waals surface area contributed by atoms with Crippen molar-refractivity contribution >= 4 is 12.2 Å². The van der Waals surface area contributed by atoms with Crippen molar-refractivity contribution in [1.82, 2.24) is 15.1 Å². The molecule has 34 heavy (non-hydrogen) atoms. The van der Waals surface area contributed by atoms with Gasteiger partial charge in [0.2, 0.25) is 0 Å². The van der Waals surface area contributed by atoms with Crippen LogP contribution in [0.3, 0.4) is 0 Å². The van der Waals surface area contributed by atoms with Gasteiger partial charge in [0.15, 0.2) is 0 Å². The van der Waals surface area contributed by atoms with E-state index >= 15 is 0 Å². The molecule has 3 aliphatic heterocycles. The van der Waals surface area contributed by atoms with Crippen molar-refractivity contribution < 1.29 is 19.1 Å². The van der Waals surface area contributed by atoms with Crippen molar-refractivity contribution in [2.45, 2.75) is 38.5 Å². The van der Waals surface area contributed by atoms with Gasteiger partial charge in [-0.1, -0.05) is 24.3 Å². The zero-order valence-corrected chi connectivity index (χ0v) is 19.7. The Morgan fingerprint density at radius 3 is 2.85 bits per heavy atom. The molecule has 5 rings (SSSR count). The van der Waals surface area contributed by atoms with E-state index in [-0.39, 0.29) is 24.0 Å². The monoisotopic (exact) mass is 463 g/mol. The van der Waals surface area contributed by atoms with E-state index in [1.54, 1.807) is 11.0 Å². The average molecular weight is 464 g/mol. The topological polar surface area (TPSA) is 71.1 Å². The highest BCUT2D eigenvalue weighted by Gasteiger charge is 2.30. The fraction of sp³-hybridized carbons (Fsp3) is 0.481. The Morgan fingerprint density at radius 2 is 2.06 bits per heavy atom. The van der Waals surface area contributed by atoms with Gasteiger partial charge in [0.25, 0.3) is 5.91 Å². The lowest BCUT2D eigenvalue weighted by atomic mass is 9.98. The van der Waals surface area contributed by atoms with E-state index < -0.39 is 0 Å². The number of benzene rings is 2. The predicted molar refractivity (Wildman–Crippen MR) is 129 cm³/mol. The van der Waals surface area contributed by atoms with Crippen LogP contribution in [0.25, 0.3) is 0 Å². The highest BCUT2D eigenvalue weighted by molar-refractivity contribution is 5.97. The molecule has 0 aliphatic carbocycles. The molecule has 1 saturated heterocycles. The van der Waals surface area contributed by atoms with Crippen molar-refractivity contribution in [3.63, 3.8) is 0 Å². The van der Waals surface area contributed by atoms with E-state index in [9.17, 15) is 9.59 Å². The highest BCUT2D eigenvalue weighted by Crippen LogP contribution is 2.31. The predicted octanol–water partition coefficient (Wildman–Crippen LogP) is 2.52. The molecule has 3 unspecified atom stereocenters. The summed E-state index contributed by atoms with van der Waals surface area (Å²) < 4.78 is 12.2. The van der Waals surface area contributed by atoms with Gasteiger partial charge in [-0.15, -0.1) is 0 Å². The molecule has 0 saturated carbocycles. The largest absolute Gasteiger partial charge is 0.489 e. The number of fused-ring (bicyclic) bond motifs is 2. The number of rotatable bonds is 7. The van der Waals surface area contributed by atoms with Crippen LogP contribution in [0.2, 0.25) is 0 Å². The molecular formula is C27H33N3O4. The summed E-state index contributed by atoms with van der Waals surface area (Å²) in [7, 11) is 0. The summed E-state index contributed by atoms with van der Waals surface area (Å²) in [5, 5.41) is 3.29. The maximum atomic E-state index is 13.4. The Bertz CT molecular complexity index is 1040. The zero-order valence-electron chi connectivity index (χ0n) is 19.7.